The number of nitro groups is 1. The van der Waals surface area contributed by atoms with Gasteiger partial charge in [-0.25, -0.2) is 4.79 Å². The lowest BCUT2D eigenvalue weighted by atomic mass is 10.1. The van der Waals surface area contributed by atoms with E-state index in [1.165, 1.54) is 19.1 Å². The molecular formula is C14H12N2O8. The highest BCUT2D eigenvalue weighted by molar-refractivity contribution is 6.24. The smallest absolute Gasteiger partial charge is 0.346 e. The maximum Gasteiger partial charge on any atom is 0.346 e. The number of imide groups is 1. The number of nitrogens with zero attached hydrogens (tertiary/aromatic N) is 2. The van der Waals surface area contributed by atoms with E-state index in [2.05, 4.69) is 4.74 Å². The molecule has 10 heteroatoms. The third kappa shape index (κ3) is 2.93. The average Bonchev–Trinajstić information content (AvgIpc) is 2.78. The lowest BCUT2D eigenvalue weighted by Gasteiger charge is -2.15. The molecule has 0 unspecified atom stereocenters. The Balaban J connectivity index is 2.20. The Bertz CT molecular complexity index is 757. The Morgan fingerprint density at radius 2 is 1.96 bits per heavy atom. The molecule has 1 aromatic carbocycles. The molecule has 0 radical (unpaired) electrons. The van der Waals surface area contributed by atoms with E-state index in [0.29, 0.717) is 4.90 Å². The molecule has 1 atom stereocenters. The summed E-state index contributed by atoms with van der Waals surface area (Å²) in [6.45, 7) is 0.488. The minimum atomic E-state index is -1.22. The molecule has 1 aromatic rings. The van der Waals surface area contributed by atoms with E-state index in [1.54, 1.807) is 0 Å². The molecule has 0 saturated heterocycles. The second kappa shape index (κ2) is 6.44. The fourth-order valence-corrected chi connectivity index (χ4v) is 2.19. The van der Waals surface area contributed by atoms with E-state index in [1.807, 2.05) is 0 Å². The Morgan fingerprint density at radius 1 is 1.29 bits per heavy atom. The average molecular weight is 336 g/mol. The molecule has 24 heavy (non-hydrogen) atoms. The number of hydrogen-bond acceptors (Lipinski definition) is 8. The molecule has 0 N–H and O–H groups in total. The summed E-state index contributed by atoms with van der Waals surface area (Å²) in [4.78, 5) is 58.1. The van der Waals surface area contributed by atoms with Gasteiger partial charge < -0.3 is 9.47 Å². The van der Waals surface area contributed by atoms with Crippen LogP contribution in [-0.2, 0) is 19.1 Å². The fraction of sp³-hybridized carbons (Fsp3) is 0.286. The first kappa shape index (κ1) is 17.1. The Labute approximate surface area is 135 Å². The van der Waals surface area contributed by atoms with Crippen molar-refractivity contribution in [3.8, 4) is 0 Å². The molecule has 0 saturated carbocycles. The van der Waals surface area contributed by atoms with E-state index in [0.717, 1.165) is 13.2 Å². The van der Waals surface area contributed by atoms with Crippen LogP contribution in [0.25, 0.3) is 0 Å². The minimum absolute atomic E-state index is 0.164. The Kier molecular flexibility index (Phi) is 4.58. The highest BCUT2D eigenvalue weighted by Gasteiger charge is 2.42. The molecule has 0 aromatic heterocycles. The summed E-state index contributed by atoms with van der Waals surface area (Å²) in [6.07, 6.45) is -1.22. The van der Waals surface area contributed by atoms with Crippen LogP contribution in [0.1, 0.15) is 27.6 Å². The van der Waals surface area contributed by atoms with Gasteiger partial charge in [0, 0.05) is 6.07 Å². The molecule has 0 spiro atoms. The molecule has 1 aliphatic heterocycles. The first-order chi connectivity index (χ1) is 11.3. The first-order valence-corrected chi connectivity index (χ1v) is 6.68. The van der Waals surface area contributed by atoms with Crippen LogP contribution < -0.4 is 0 Å². The van der Waals surface area contributed by atoms with E-state index in [-0.39, 0.29) is 11.1 Å². The van der Waals surface area contributed by atoms with Crippen LogP contribution in [0.2, 0.25) is 0 Å². The van der Waals surface area contributed by atoms with E-state index in [9.17, 15) is 29.3 Å². The summed E-state index contributed by atoms with van der Waals surface area (Å²) in [6, 6.07) is 3.61. The normalized spacial score (nSPS) is 14.2. The van der Waals surface area contributed by atoms with Crippen LogP contribution in [0.5, 0.6) is 0 Å². The number of esters is 2. The lowest BCUT2D eigenvalue weighted by Crippen LogP contribution is -2.38. The van der Waals surface area contributed by atoms with E-state index in [4.69, 9.17) is 4.74 Å². The number of nitro benzene ring substituents is 1. The predicted molar refractivity (Wildman–Crippen MR) is 76.0 cm³/mol. The second-order valence-electron chi connectivity index (χ2n) is 4.81. The Hall–Kier alpha value is -3.30. The maximum atomic E-state index is 12.2. The first-order valence-electron chi connectivity index (χ1n) is 6.68. The Morgan fingerprint density at radius 3 is 2.54 bits per heavy atom. The number of fused-ring (bicyclic) bond motifs is 1. The number of amides is 2. The van der Waals surface area contributed by atoms with Crippen molar-refractivity contribution < 1.29 is 33.6 Å². The number of carbonyl (C=O) groups is 4. The monoisotopic (exact) mass is 336 g/mol. The molecule has 0 aliphatic carbocycles. The molecule has 10 nitrogen and oxygen atoms in total. The van der Waals surface area contributed by atoms with Crippen molar-refractivity contribution in [2.75, 3.05) is 13.7 Å². The van der Waals surface area contributed by atoms with Crippen molar-refractivity contribution in [3.05, 3.63) is 39.4 Å². The molecule has 0 bridgehead atoms. The quantitative estimate of drug-likeness (QED) is 0.324. The highest BCUT2D eigenvalue weighted by Crippen LogP contribution is 2.30. The zero-order chi connectivity index (χ0) is 18.0. The molecule has 2 amide bonds. The fourth-order valence-electron chi connectivity index (χ4n) is 2.19. The van der Waals surface area contributed by atoms with Gasteiger partial charge >= 0.3 is 11.9 Å². The predicted octanol–water partition coefficient (Wildman–Crippen LogP) is 0.295. The number of rotatable bonds is 5. The van der Waals surface area contributed by atoms with Gasteiger partial charge in [-0.15, -0.1) is 0 Å². The van der Waals surface area contributed by atoms with Gasteiger partial charge in [0.05, 0.1) is 17.6 Å². The van der Waals surface area contributed by atoms with Gasteiger partial charge in [0.25, 0.3) is 17.5 Å². The van der Waals surface area contributed by atoms with Crippen LogP contribution >= 0.6 is 0 Å². The highest BCUT2D eigenvalue weighted by atomic mass is 16.6. The van der Waals surface area contributed by atoms with Crippen molar-refractivity contribution in [3.63, 3.8) is 0 Å². The number of ether oxygens (including phenoxy) is 2. The van der Waals surface area contributed by atoms with Gasteiger partial charge in [-0.1, -0.05) is 6.07 Å². The number of hydrogen-bond donors (Lipinski definition) is 0. The lowest BCUT2D eigenvalue weighted by molar-refractivity contribution is -0.385. The van der Waals surface area contributed by atoms with Crippen LogP contribution in [0.4, 0.5) is 5.69 Å². The second-order valence-corrected chi connectivity index (χ2v) is 4.81. The van der Waals surface area contributed by atoms with Crippen molar-refractivity contribution in [1.82, 2.24) is 4.90 Å². The summed E-state index contributed by atoms with van der Waals surface area (Å²) in [5.74, 6) is -3.64. The number of methoxy groups -OCH3 is 1. The zero-order valence-electron chi connectivity index (χ0n) is 12.7. The van der Waals surface area contributed by atoms with Gasteiger partial charge in [0.2, 0.25) is 0 Å². The number of carbonyl (C=O) groups excluding carboxylic acids is 4. The van der Waals surface area contributed by atoms with E-state index < -0.39 is 47.0 Å². The standard InChI is InChI=1S/C14H12N2O8/c1-7(14(20)23-2)24-10(17)6-15-12(18)8-4-3-5-9(16(21)22)11(8)13(15)19/h3-5,7H,6H2,1-2H3/t7-/m0/s1. The van der Waals surface area contributed by atoms with Crippen LogP contribution in [0.3, 0.4) is 0 Å². The largest absolute Gasteiger partial charge is 0.466 e. The van der Waals surface area contributed by atoms with E-state index >= 15 is 0 Å². The molecule has 0 fully saturated rings. The van der Waals surface area contributed by atoms with Crippen LogP contribution in [0.15, 0.2) is 18.2 Å². The third-order valence-electron chi connectivity index (χ3n) is 3.30. The summed E-state index contributed by atoms with van der Waals surface area (Å²) in [5, 5.41) is 11.0. The molecule has 1 heterocycles. The number of benzene rings is 1. The van der Waals surface area contributed by atoms with Crippen molar-refractivity contribution in [2.24, 2.45) is 0 Å². The summed E-state index contributed by atoms with van der Waals surface area (Å²) < 4.78 is 9.12. The van der Waals surface area contributed by atoms with Gasteiger partial charge in [-0.3, -0.25) is 29.4 Å². The molecular weight excluding hydrogens is 324 g/mol. The summed E-state index contributed by atoms with van der Waals surface area (Å²) in [5.41, 5.74) is -1.06. The maximum absolute atomic E-state index is 12.2. The van der Waals surface area contributed by atoms with Crippen LogP contribution in [0, 0.1) is 10.1 Å². The third-order valence-corrected chi connectivity index (χ3v) is 3.30. The van der Waals surface area contributed by atoms with Gasteiger partial charge in [0.1, 0.15) is 12.1 Å². The van der Waals surface area contributed by atoms with Crippen LogP contribution in [-0.4, -0.2) is 53.3 Å². The molecule has 2 rings (SSSR count). The molecule has 126 valence electrons. The van der Waals surface area contributed by atoms with Crippen molar-refractivity contribution in [1.29, 1.82) is 0 Å². The van der Waals surface area contributed by atoms with Crippen molar-refractivity contribution in [2.45, 2.75) is 13.0 Å². The summed E-state index contributed by atoms with van der Waals surface area (Å²) >= 11 is 0. The topological polar surface area (TPSA) is 133 Å². The SMILES string of the molecule is COC(=O)[C@H](C)OC(=O)CN1C(=O)c2cccc([N+](=O)[O-])c2C1=O. The van der Waals surface area contributed by atoms with Gasteiger partial charge in [-0.05, 0) is 13.0 Å². The minimum Gasteiger partial charge on any atom is -0.466 e. The van der Waals surface area contributed by atoms with Gasteiger partial charge in [0.15, 0.2) is 6.10 Å². The summed E-state index contributed by atoms with van der Waals surface area (Å²) in [7, 11) is 1.11. The van der Waals surface area contributed by atoms with Crippen molar-refractivity contribution >= 4 is 29.4 Å². The van der Waals surface area contributed by atoms with Gasteiger partial charge in [-0.2, -0.15) is 0 Å². The zero-order valence-corrected chi connectivity index (χ0v) is 12.7. The molecule has 1 aliphatic rings.